The van der Waals surface area contributed by atoms with Gasteiger partial charge in [0.25, 0.3) is 0 Å². The monoisotopic (exact) mass is 140 g/mol. The van der Waals surface area contributed by atoms with Crippen LogP contribution in [0.5, 0.6) is 0 Å². The van der Waals surface area contributed by atoms with Crippen LogP contribution in [0.1, 0.15) is 11.8 Å². The molecule has 9 heavy (non-hydrogen) atoms. The molecular formula is C7H8OS. The number of carbonyl (C=O) groups is 1. The van der Waals surface area contributed by atoms with E-state index in [1.807, 2.05) is 17.5 Å². The maximum absolute atomic E-state index is 10.5. The predicted molar refractivity (Wildman–Crippen MR) is 38.7 cm³/mol. The number of thiophene rings is 1. The minimum atomic E-state index is 0.234. The van der Waals surface area contributed by atoms with Crippen LogP contribution < -0.4 is 0 Å². The molecule has 0 atom stereocenters. The number of rotatable bonds is 2. The molecule has 1 aromatic heterocycles. The lowest BCUT2D eigenvalue weighted by atomic mass is 10.3. The topological polar surface area (TPSA) is 17.1 Å². The second kappa shape index (κ2) is 2.78. The van der Waals surface area contributed by atoms with Crippen LogP contribution in [0.2, 0.25) is 0 Å². The smallest absolute Gasteiger partial charge is 0.135 e. The first-order chi connectivity index (χ1) is 4.29. The summed E-state index contributed by atoms with van der Waals surface area (Å²) in [5.41, 5.74) is 0. The van der Waals surface area contributed by atoms with Crippen molar-refractivity contribution in [2.45, 2.75) is 13.3 Å². The standard InChI is InChI=1S/C7H8OS/c1-6(8)5-7-3-2-4-9-7/h2-4H,5H2,1H3. The van der Waals surface area contributed by atoms with E-state index in [-0.39, 0.29) is 5.78 Å². The second-order valence-electron chi connectivity index (χ2n) is 1.96. The quantitative estimate of drug-likeness (QED) is 0.613. The Morgan fingerprint density at radius 2 is 2.56 bits per heavy atom. The summed E-state index contributed by atoms with van der Waals surface area (Å²) in [4.78, 5) is 11.7. The number of Topliss-reactive ketones (excluding diaryl/α,β-unsaturated/α-hetero) is 1. The molecule has 48 valence electrons. The maximum Gasteiger partial charge on any atom is 0.135 e. The summed E-state index contributed by atoms with van der Waals surface area (Å²) in [5, 5.41) is 1.98. The zero-order valence-electron chi connectivity index (χ0n) is 5.26. The number of ketones is 1. The van der Waals surface area contributed by atoms with Gasteiger partial charge >= 0.3 is 0 Å². The lowest BCUT2D eigenvalue weighted by Gasteiger charge is -1.86. The van der Waals surface area contributed by atoms with Crippen molar-refractivity contribution < 1.29 is 4.79 Å². The van der Waals surface area contributed by atoms with E-state index in [1.165, 1.54) is 0 Å². The molecule has 0 aliphatic carbocycles. The molecule has 0 saturated heterocycles. The molecule has 0 saturated carbocycles. The Balaban J connectivity index is 2.58. The molecule has 0 aromatic carbocycles. The van der Waals surface area contributed by atoms with E-state index in [1.54, 1.807) is 18.3 Å². The maximum atomic E-state index is 10.5. The van der Waals surface area contributed by atoms with Gasteiger partial charge in [0.1, 0.15) is 5.78 Å². The third-order valence-electron chi connectivity index (χ3n) is 1.00. The van der Waals surface area contributed by atoms with Gasteiger partial charge in [-0.1, -0.05) is 6.07 Å². The molecule has 0 amide bonds. The molecule has 1 heterocycles. The summed E-state index contributed by atoms with van der Waals surface area (Å²) in [6, 6.07) is 3.94. The molecule has 0 spiro atoms. The van der Waals surface area contributed by atoms with Gasteiger partial charge in [0.05, 0.1) is 0 Å². The first-order valence-corrected chi connectivity index (χ1v) is 3.69. The van der Waals surface area contributed by atoms with E-state index in [4.69, 9.17) is 0 Å². The van der Waals surface area contributed by atoms with Crippen LogP contribution in [-0.2, 0) is 11.2 Å². The minimum absolute atomic E-state index is 0.234. The van der Waals surface area contributed by atoms with Crippen LogP contribution in [0.4, 0.5) is 0 Å². The average Bonchev–Trinajstić information content (AvgIpc) is 2.15. The van der Waals surface area contributed by atoms with Crippen molar-refractivity contribution in [1.29, 1.82) is 0 Å². The van der Waals surface area contributed by atoms with Crippen molar-refractivity contribution in [1.82, 2.24) is 0 Å². The number of hydrogen-bond donors (Lipinski definition) is 0. The highest BCUT2D eigenvalue weighted by Crippen LogP contribution is 2.08. The first-order valence-electron chi connectivity index (χ1n) is 2.81. The Morgan fingerprint density at radius 3 is 3.00 bits per heavy atom. The van der Waals surface area contributed by atoms with Crippen LogP contribution in [0.3, 0.4) is 0 Å². The van der Waals surface area contributed by atoms with Crippen LogP contribution in [-0.4, -0.2) is 5.78 Å². The summed E-state index contributed by atoms with van der Waals surface area (Å²) in [7, 11) is 0. The molecule has 1 nitrogen and oxygen atoms in total. The molecule has 0 unspecified atom stereocenters. The van der Waals surface area contributed by atoms with Crippen molar-refractivity contribution in [3.8, 4) is 0 Å². The molecule has 0 bridgehead atoms. The molecule has 0 aliphatic heterocycles. The minimum Gasteiger partial charge on any atom is -0.300 e. The Bertz CT molecular complexity index is 189. The zero-order chi connectivity index (χ0) is 6.69. The Hall–Kier alpha value is -0.630. The lowest BCUT2D eigenvalue weighted by molar-refractivity contribution is -0.116. The van der Waals surface area contributed by atoms with E-state index in [2.05, 4.69) is 0 Å². The highest BCUT2D eigenvalue weighted by molar-refractivity contribution is 7.10. The molecule has 0 aliphatic rings. The van der Waals surface area contributed by atoms with Gasteiger partial charge in [0, 0.05) is 11.3 Å². The molecule has 0 fully saturated rings. The van der Waals surface area contributed by atoms with Gasteiger partial charge in [0.15, 0.2) is 0 Å². The Morgan fingerprint density at radius 1 is 1.78 bits per heavy atom. The average molecular weight is 140 g/mol. The van der Waals surface area contributed by atoms with Gasteiger partial charge < -0.3 is 0 Å². The number of carbonyl (C=O) groups excluding carboxylic acids is 1. The van der Waals surface area contributed by atoms with E-state index < -0.39 is 0 Å². The molecule has 0 N–H and O–H groups in total. The van der Waals surface area contributed by atoms with Crippen molar-refractivity contribution in [3.05, 3.63) is 22.4 Å². The molecular weight excluding hydrogens is 132 g/mol. The van der Waals surface area contributed by atoms with Crippen molar-refractivity contribution in [3.63, 3.8) is 0 Å². The lowest BCUT2D eigenvalue weighted by Crippen LogP contribution is -1.92. The fraction of sp³-hybridized carbons (Fsp3) is 0.286. The largest absolute Gasteiger partial charge is 0.300 e. The van der Waals surface area contributed by atoms with Crippen molar-refractivity contribution >= 4 is 17.1 Å². The van der Waals surface area contributed by atoms with E-state index >= 15 is 0 Å². The highest BCUT2D eigenvalue weighted by atomic mass is 32.1. The third-order valence-corrected chi connectivity index (χ3v) is 1.88. The van der Waals surface area contributed by atoms with Crippen LogP contribution in [0.15, 0.2) is 17.5 Å². The van der Waals surface area contributed by atoms with Gasteiger partial charge in [-0.3, -0.25) is 4.79 Å². The fourth-order valence-corrected chi connectivity index (χ4v) is 1.43. The third kappa shape index (κ3) is 1.98. The second-order valence-corrected chi connectivity index (χ2v) is 2.99. The summed E-state index contributed by atoms with van der Waals surface area (Å²) >= 11 is 1.63. The van der Waals surface area contributed by atoms with E-state index in [0.29, 0.717) is 6.42 Å². The Labute approximate surface area is 58.3 Å². The fourth-order valence-electron chi connectivity index (χ4n) is 0.659. The van der Waals surface area contributed by atoms with Crippen LogP contribution >= 0.6 is 11.3 Å². The van der Waals surface area contributed by atoms with Crippen molar-refractivity contribution in [2.24, 2.45) is 0 Å². The van der Waals surface area contributed by atoms with Crippen LogP contribution in [0, 0.1) is 0 Å². The summed E-state index contributed by atoms with van der Waals surface area (Å²) in [6.45, 7) is 1.61. The molecule has 1 rings (SSSR count). The number of hydrogen-bond acceptors (Lipinski definition) is 2. The first kappa shape index (κ1) is 6.49. The Kier molecular flexibility index (Phi) is 2.01. The zero-order valence-corrected chi connectivity index (χ0v) is 6.07. The van der Waals surface area contributed by atoms with Crippen molar-refractivity contribution in [2.75, 3.05) is 0 Å². The van der Waals surface area contributed by atoms with E-state index in [9.17, 15) is 4.79 Å². The molecule has 1 aromatic rings. The molecule has 0 radical (unpaired) electrons. The predicted octanol–water partition coefficient (Wildman–Crippen LogP) is 1.88. The summed E-state index contributed by atoms with van der Waals surface area (Å²) < 4.78 is 0. The normalized spacial score (nSPS) is 9.44. The summed E-state index contributed by atoms with van der Waals surface area (Å²) in [6.07, 6.45) is 0.595. The summed E-state index contributed by atoms with van der Waals surface area (Å²) in [5.74, 6) is 0.234. The van der Waals surface area contributed by atoms with E-state index in [0.717, 1.165) is 4.88 Å². The van der Waals surface area contributed by atoms with Gasteiger partial charge in [-0.2, -0.15) is 0 Å². The van der Waals surface area contributed by atoms with Gasteiger partial charge in [-0.05, 0) is 18.4 Å². The molecule has 2 heteroatoms. The van der Waals surface area contributed by atoms with Gasteiger partial charge in [0.2, 0.25) is 0 Å². The van der Waals surface area contributed by atoms with Gasteiger partial charge in [-0.15, -0.1) is 11.3 Å². The van der Waals surface area contributed by atoms with Gasteiger partial charge in [-0.25, -0.2) is 0 Å². The van der Waals surface area contributed by atoms with Crippen LogP contribution in [0.25, 0.3) is 0 Å². The highest BCUT2D eigenvalue weighted by Gasteiger charge is 1.95. The SMILES string of the molecule is CC(=O)Cc1cccs1.